The van der Waals surface area contributed by atoms with E-state index >= 15 is 0 Å². The Balaban J connectivity index is 1.58. The van der Waals surface area contributed by atoms with Gasteiger partial charge in [0.25, 0.3) is 10.0 Å². The van der Waals surface area contributed by atoms with Gasteiger partial charge in [0.15, 0.2) is 0 Å². The molecule has 7 unspecified atom stereocenters. The average molecular weight is 501 g/mol. The van der Waals surface area contributed by atoms with Gasteiger partial charge < -0.3 is 18.9 Å². The van der Waals surface area contributed by atoms with Crippen LogP contribution in [0, 0.1) is 11.8 Å². The van der Waals surface area contributed by atoms with Crippen LogP contribution in [0.4, 0.5) is 0 Å². The van der Waals surface area contributed by atoms with E-state index < -0.39 is 10.0 Å². The fourth-order valence-electron chi connectivity index (χ4n) is 6.81. The molecule has 7 atom stereocenters. The summed E-state index contributed by atoms with van der Waals surface area (Å²) in [4.78, 5) is 0. The predicted octanol–water partition coefficient (Wildman–Crippen LogP) is 3.74. The first-order valence-electron chi connectivity index (χ1n) is 13.1. The first-order chi connectivity index (χ1) is 16.4. The molecule has 0 radical (unpaired) electrons. The van der Waals surface area contributed by atoms with Crippen LogP contribution in [0.5, 0.6) is 0 Å². The molecule has 0 aromatic carbocycles. The summed E-state index contributed by atoms with van der Waals surface area (Å²) in [6.07, 6.45) is 10.8. The van der Waals surface area contributed by atoms with Crippen LogP contribution in [0.2, 0.25) is 0 Å². The van der Waals surface area contributed by atoms with Crippen LogP contribution in [-0.2, 0) is 29.0 Å². The number of ether oxygens (including phenoxy) is 4. The van der Waals surface area contributed by atoms with E-state index in [9.17, 15) is 8.42 Å². The standard InChI is InChI=1S/C25H44N2O6S/c1-30-22-12-10-17(14-24(22)32-3)20-16-21(18-11-13-23(31-2)25(15-18)33-4)27(26-20)34(28,29)19-8-6-5-7-9-19/h17-19,21-25H,5-16H2,1-4H3. The Morgan fingerprint density at radius 2 is 1.32 bits per heavy atom. The molecule has 0 saturated heterocycles. The van der Waals surface area contributed by atoms with Gasteiger partial charge in [0, 0.05) is 46.5 Å². The Kier molecular flexibility index (Phi) is 8.94. The fourth-order valence-corrected chi connectivity index (χ4v) is 8.89. The number of hydrogen-bond acceptors (Lipinski definition) is 7. The zero-order valence-corrected chi connectivity index (χ0v) is 22.2. The maximum atomic E-state index is 13.9. The van der Waals surface area contributed by atoms with Gasteiger partial charge in [0.1, 0.15) is 0 Å². The first-order valence-corrected chi connectivity index (χ1v) is 14.6. The molecule has 0 N–H and O–H groups in total. The number of hydrogen-bond donors (Lipinski definition) is 0. The van der Waals surface area contributed by atoms with Crippen molar-refractivity contribution >= 4 is 15.7 Å². The molecule has 0 aromatic heterocycles. The maximum Gasteiger partial charge on any atom is 0.252 e. The van der Waals surface area contributed by atoms with E-state index in [1.165, 1.54) is 0 Å². The summed E-state index contributed by atoms with van der Waals surface area (Å²) in [6, 6.07) is -0.126. The Morgan fingerprint density at radius 3 is 1.94 bits per heavy atom. The number of methoxy groups -OCH3 is 4. The summed E-state index contributed by atoms with van der Waals surface area (Å²) in [5.74, 6) is 0.448. The van der Waals surface area contributed by atoms with Crippen molar-refractivity contribution in [3.63, 3.8) is 0 Å². The van der Waals surface area contributed by atoms with Crippen LogP contribution in [0.1, 0.15) is 77.0 Å². The smallest absolute Gasteiger partial charge is 0.252 e. The van der Waals surface area contributed by atoms with Crippen LogP contribution in [-0.4, -0.2) is 82.7 Å². The quantitative estimate of drug-likeness (QED) is 0.505. The third-order valence-corrected chi connectivity index (χ3v) is 11.1. The summed E-state index contributed by atoms with van der Waals surface area (Å²) in [5, 5.41) is 4.61. The van der Waals surface area contributed by atoms with E-state index in [1.54, 1.807) is 32.9 Å². The Labute approximate surface area is 205 Å². The van der Waals surface area contributed by atoms with Crippen molar-refractivity contribution in [1.29, 1.82) is 0 Å². The van der Waals surface area contributed by atoms with Gasteiger partial charge in [0.05, 0.1) is 35.7 Å². The molecule has 0 amide bonds. The zero-order chi connectivity index (χ0) is 24.3. The van der Waals surface area contributed by atoms with Crippen LogP contribution in [0.25, 0.3) is 0 Å². The average Bonchev–Trinajstić information content (AvgIpc) is 3.35. The van der Waals surface area contributed by atoms with Gasteiger partial charge in [-0.2, -0.15) is 9.52 Å². The molecule has 0 spiro atoms. The summed E-state index contributed by atoms with van der Waals surface area (Å²) >= 11 is 0. The van der Waals surface area contributed by atoms with Gasteiger partial charge in [-0.3, -0.25) is 0 Å². The van der Waals surface area contributed by atoms with Gasteiger partial charge in [-0.1, -0.05) is 19.3 Å². The highest BCUT2D eigenvalue weighted by Crippen LogP contribution is 2.42. The normalized spacial score (nSPS) is 38.2. The van der Waals surface area contributed by atoms with Gasteiger partial charge in [-0.05, 0) is 57.3 Å². The van der Waals surface area contributed by atoms with E-state index in [2.05, 4.69) is 0 Å². The number of rotatable bonds is 8. The Bertz CT molecular complexity index is 799. The van der Waals surface area contributed by atoms with Crippen LogP contribution in [0.3, 0.4) is 0 Å². The number of nitrogens with zero attached hydrogens (tertiary/aromatic N) is 2. The molecule has 0 bridgehead atoms. The molecular formula is C25H44N2O6S. The summed E-state index contributed by atoms with van der Waals surface area (Å²) in [7, 11) is 3.44. The second kappa shape index (κ2) is 11.5. The topological polar surface area (TPSA) is 86.7 Å². The minimum absolute atomic E-state index is 0.0120. The lowest BCUT2D eigenvalue weighted by Gasteiger charge is -2.40. The Morgan fingerprint density at radius 1 is 0.735 bits per heavy atom. The van der Waals surface area contributed by atoms with Gasteiger partial charge in [0.2, 0.25) is 0 Å². The van der Waals surface area contributed by atoms with Gasteiger partial charge in [-0.25, -0.2) is 8.42 Å². The lowest BCUT2D eigenvalue weighted by atomic mass is 9.76. The van der Waals surface area contributed by atoms with Crippen molar-refractivity contribution in [2.24, 2.45) is 16.9 Å². The summed E-state index contributed by atoms with van der Waals surface area (Å²) in [5.41, 5.74) is 1.03. The minimum Gasteiger partial charge on any atom is -0.379 e. The van der Waals surface area contributed by atoms with E-state index in [-0.39, 0.29) is 47.5 Å². The van der Waals surface area contributed by atoms with Crippen molar-refractivity contribution in [2.75, 3.05) is 28.4 Å². The largest absolute Gasteiger partial charge is 0.379 e. The van der Waals surface area contributed by atoms with E-state index in [1.807, 2.05) is 0 Å². The molecule has 8 nitrogen and oxygen atoms in total. The number of sulfonamides is 1. The van der Waals surface area contributed by atoms with Crippen molar-refractivity contribution in [3.05, 3.63) is 0 Å². The van der Waals surface area contributed by atoms with Crippen LogP contribution >= 0.6 is 0 Å². The van der Waals surface area contributed by atoms with E-state index in [4.69, 9.17) is 24.0 Å². The summed E-state index contributed by atoms with van der Waals surface area (Å²) < 4.78 is 52.1. The van der Waals surface area contributed by atoms with Crippen molar-refractivity contribution in [3.8, 4) is 0 Å². The highest BCUT2D eigenvalue weighted by molar-refractivity contribution is 7.89. The lowest BCUT2D eigenvalue weighted by molar-refractivity contribution is -0.0761. The monoisotopic (exact) mass is 500 g/mol. The van der Waals surface area contributed by atoms with Crippen molar-refractivity contribution in [2.45, 2.75) is 113 Å². The second-order valence-electron chi connectivity index (χ2n) is 10.6. The highest BCUT2D eigenvalue weighted by Gasteiger charge is 2.47. The maximum absolute atomic E-state index is 13.9. The molecule has 3 saturated carbocycles. The molecule has 0 aromatic rings. The predicted molar refractivity (Wildman–Crippen MR) is 131 cm³/mol. The molecule has 1 heterocycles. The lowest BCUT2D eigenvalue weighted by Crippen LogP contribution is -2.47. The minimum atomic E-state index is -3.49. The molecule has 4 rings (SSSR count). The van der Waals surface area contributed by atoms with E-state index in [0.29, 0.717) is 6.42 Å². The van der Waals surface area contributed by atoms with E-state index in [0.717, 1.165) is 76.3 Å². The second-order valence-corrected chi connectivity index (χ2v) is 12.7. The van der Waals surface area contributed by atoms with Gasteiger partial charge in [-0.15, -0.1) is 0 Å². The molecule has 3 fully saturated rings. The highest BCUT2D eigenvalue weighted by atomic mass is 32.2. The molecule has 34 heavy (non-hydrogen) atoms. The number of hydrazone groups is 1. The molecule has 9 heteroatoms. The molecule has 4 aliphatic rings. The fraction of sp³-hybridized carbons (Fsp3) is 0.960. The molecule has 3 aliphatic carbocycles. The SMILES string of the molecule is COC1CCC(C2=NN(S(=O)(=O)C3CCCCC3)C(C3CCC(OC)C(OC)C3)C2)CC1OC. The Hall–Kier alpha value is -0.740. The van der Waals surface area contributed by atoms with Crippen LogP contribution in [0.15, 0.2) is 5.10 Å². The molecular weight excluding hydrogens is 456 g/mol. The van der Waals surface area contributed by atoms with Crippen LogP contribution < -0.4 is 0 Å². The summed E-state index contributed by atoms with van der Waals surface area (Å²) in [6.45, 7) is 0. The molecule has 196 valence electrons. The zero-order valence-electron chi connectivity index (χ0n) is 21.4. The van der Waals surface area contributed by atoms with Crippen molar-refractivity contribution in [1.82, 2.24) is 4.41 Å². The third kappa shape index (κ3) is 5.33. The van der Waals surface area contributed by atoms with Gasteiger partial charge >= 0.3 is 0 Å². The molecule has 1 aliphatic heterocycles. The first kappa shape index (κ1) is 26.3. The third-order valence-electron chi connectivity index (χ3n) is 8.89. The van der Waals surface area contributed by atoms with Crippen molar-refractivity contribution < 1.29 is 27.4 Å².